The second-order valence-corrected chi connectivity index (χ2v) is 11.1. The number of aromatic nitrogens is 2. The fourth-order valence-electron chi connectivity index (χ4n) is 4.55. The van der Waals surface area contributed by atoms with Crippen LogP contribution in [0.5, 0.6) is 0 Å². The van der Waals surface area contributed by atoms with Crippen LogP contribution in [0.1, 0.15) is 72.6 Å². The first kappa shape index (κ1) is 21.1. The van der Waals surface area contributed by atoms with Crippen molar-refractivity contribution in [3.8, 4) is 11.3 Å². The quantitative estimate of drug-likeness (QED) is 0.746. The molecule has 1 N–H and O–H groups in total. The lowest BCUT2D eigenvalue weighted by Gasteiger charge is -2.15. The minimum Gasteiger partial charge on any atom is -0.348 e. The number of rotatable bonds is 4. The number of nitrogens with zero attached hydrogens (tertiary/aromatic N) is 2. The van der Waals surface area contributed by atoms with Crippen LogP contribution in [0.25, 0.3) is 11.3 Å². The Kier molecular flexibility index (Phi) is 6.00. The molecule has 6 nitrogen and oxygen atoms in total. The van der Waals surface area contributed by atoms with Crippen LogP contribution in [-0.4, -0.2) is 41.7 Å². The van der Waals surface area contributed by atoms with Crippen LogP contribution in [0.2, 0.25) is 0 Å². The monoisotopic (exact) mass is 429 g/mol. The second-order valence-electron chi connectivity index (χ2n) is 8.88. The van der Waals surface area contributed by atoms with E-state index in [0.717, 1.165) is 42.5 Å². The Hall–Kier alpha value is -2.15. The number of benzene rings is 1. The molecule has 1 saturated heterocycles. The Morgan fingerprint density at radius 1 is 1.03 bits per heavy atom. The molecule has 30 heavy (non-hydrogen) atoms. The van der Waals surface area contributed by atoms with Gasteiger partial charge < -0.3 is 5.32 Å². The standard InChI is InChI=1S/C23H31N3O3S/c1-16-9-10-18(13-17(16)2)22-14-21(23(27)24-19-7-5-3-4-6-8-19)25-26(22)20-11-12-30(28,29)15-20/h9-10,13-14,19-20H,3-8,11-12,15H2,1-2H3,(H,24,27)/t20-/m0/s1. The van der Waals surface area contributed by atoms with E-state index in [4.69, 9.17) is 0 Å². The maximum atomic E-state index is 13.0. The molecule has 2 aromatic rings. The summed E-state index contributed by atoms with van der Waals surface area (Å²) in [4.78, 5) is 13.0. The topological polar surface area (TPSA) is 81.1 Å². The lowest BCUT2D eigenvalue weighted by Crippen LogP contribution is -2.34. The van der Waals surface area contributed by atoms with E-state index in [-0.39, 0.29) is 29.5 Å². The van der Waals surface area contributed by atoms with Crippen LogP contribution in [0.15, 0.2) is 24.3 Å². The fraction of sp³-hybridized carbons (Fsp3) is 0.565. The molecule has 1 aliphatic carbocycles. The Morgan fingerprint density at radius 3 is 2.40 bits per heavy atom. The van der Waals surface area contributed by atoms with Gasteiger partial charge in [0.25, 0.3) is 5.91 Å². The number of carbonyl (C=O) groups excluding carboxylic acids is 1. The van der Waals surface area contributed by atoms with Crippen molar-refractivity contribution in [2.75, 3.05) is 11.5 Å². The van der Waals surface area contributed by atoms with E-state index < -0.39 is 9.84 Å². The van der Waals surface area contributed by atoms with Gasteiger partial charge in [-0.05, 0) is 56.4 Å². The highest BCUT2D eigenvalue weighted by Gasteiger charge is 2.32. The zero-order valence-corrected chi connectivity index (χ0v) is 18.7. The van der Waals surface area contributed by atoms with Crippen LogP contribution in [0, 0.1) is 13.8 Å². The molecule has 2 aliphatic rings. The van der Waals surface area contributed by atoms with Crippen molar-refractivity contribution in [2.24, 2.45) is 0 Å². The number of sulfone groups is 1. The lowest BCUT2D eigenvalue weighted by molar-refractivity contribution is 0.0927. The van der Waals surface area contributed by atoms with E-state index >= 15 is 0 Å². The number of hydrogen-bond acceptors (Lipinski definition) is 4. The van der Waals surface area contributed by atoms with Gasteiger partial charge in [0, 0.05) is 11.6 Å². The van der Waals surface area contributed by atoms with Gasteiger partial charge in [-0.15, -0.1) is 0 Å². The van der Waals surface area contributed by atoms with E-state index in [0.29, 0.717) is 12.1 Å². The van der Waals surface area contributed by atoms with Crippen molar-refractivity contribution < 1.29 is 13.2 Å². The summed E-state index contributed by atoms with van der Waals surface area (Å²) in [5, 5.41) is 7.78. The number of nitrogens with one attached hydrogen (secondary N) is 1. The lowest BCUT2D eigenvalue weighted by atomic mass is 10.0. The molecule has 2 heterocycles. The van der Waals surface area contributed by atoms with Crippen molar-refractivity contribution >= 4 is 15.7 Å². The highest BCUT2D eigenvalue weighted by atomic mass is 32.2. The largest absolute Gasteiger partial charge is 0.348 e. The van der Waals surface area contributed by atoms with Crippen molar-refractivity contribution in [3.05, 3.63) is 41.1 Å². The third kappa shape index (κ3) is 4.61. The van der Waals surface area contributed by atoms with Gasteiger partial charge in [-0.2, -0.15) is 5.10 Å². The second kappa shape index (κ2) is 8.53. The molecule has 7 heteroatoms. The number of hydrogen-bond donors (Lipinski definition) is 1. The van der Waals surface area contributed by atoms with Gasteiger partial charge in [0.05, 0.1) is 23.2 Å². The molecular formula is C23H31N3O3S. The van der Waals surface area contributed by atoms with Gasteiger partial charge in [-0.1, -0.05) is 37.8 Å². The third-order valence-electron chi connectivity index (χ3n) is 6.52. The van der Waals surface area contributed by atoms with Crippen LogP contribution in [-0.2, 0) is 9.84 Å². The molecular weight excluding hydrogens is 398 g/mol. The fourth-order valence-corrected chi connectivity index (χ4v) is 6.24. The average Bonchev–Trinajstić information content (AvgIpc) is 3.20. The molecule has 4 rings (SSSR count). The SMILES string of the molecule is Cc1ccc(-c2cc(C(=O)NC3CCCCCC3)nn2[C@H]2CCS(=O)(=O)C2)cc1C. The number of amides is 1. The van der Waals surface area contributed by atoms with Gasteiger partial charge in [-0.25, -0.2) is 8.42 Å². The van der Waals surface area contributed by atoms with Gasteiger partial charge in [0.1, 0.15) is 0 Å². The Balaban J connectivity index is 1.66. The molecule has 1 saturated carbocycles. The molecule has 1 amide bonds. The van der Waals surface area contributed by atoms with Crippen LogP contribution >= 0.6 is 0 Å². The first-order chi connectivity index (χ1) is 14.3. The summed E-state index contributed by atoms with van der Waals surface area (Å²) in [5.41, 5.74) is 4.50. The molecule has 0 radical (unpaired) electrons. The van der Waals surface area contributed by atoms with E-state index in [1.54, 1.807) is 4.68 Å². The maximum absolute atomic E-state index is 13.0. The summed E-state index contributed by atoms with van der Waals surface area (Å²) in [6.45, 7) is 4.12. The average molecular weight is 430 g/mol. The molecule has 0 spiro atoms. The number of aryl methyl sites for hydroxylation is 2. The highest BCUT2D eigenvalue weighted by Crippen LogP contribution is 2.31. The summed E-state index contributed by atoms with van der Waals surface area (Å²) in [5.74, 6) is 0.0931. The first-order valence-corrected chi connectivity index (χ1v) is 12.8. The molecule has 1 aromatic heterocycles. The van der Waals surface area contributed by atoms with Gasteiger partial charge >= 0.3 is 0 Å². The van der Waals surface area contributed by atoms with Gasteiger partial charge in [-0.3, -0.25) is 9.48 Å². The predicted molar refractivity (Wildman–Crippen MR) is 118 cm³/mol. The zero-order chi connectivity index (χ0) is 21.3. The minimum atomic E-state index is -3.06. The molecule has 0 bridgehead atoms. The Labute approximate surface area is 179 Å². The van der Waals surface area contributed by atoms with E-state index in [2.05, 4.69) is 36.4 Å². The highest BCUT2D eigenvalue weighted by molar-refractivity contribution is 7.91. The van der Waals surface area contributed by atoms with Crippen LogP contribution < -0.4 is 5.32 Å². The van der Waals surface area contributed by atoms with Crippen molar-refractivity contribution in [1.29, 1.82) is 0 Å². The number of carbonyl (C=O) groups is 1. The van der Waals surface area contributed by atoms with E-state index in [1.807, 2.05) is 12.1 Å². The summed E-state index contributed by atoms with van der Waals surface area (Å²) < 4.78 is 25.9. The maximum Gasteiger partial charge on any atom is 0.272 e. The summed E-state index contributed by atoms with van der Waals surface area (Å²) in [7, 11) is -3.06. The molecule has 1 aromatic carbocycles. The van der Waals surface area contributed by atoms with Crippen molar-refractivity contribution in [1.82, 2.24) is 15.1 Å². The molecule has 162 valence electrons. The van der Waals surface area contributed by atoms with Crippen molar-refractivity contribution in [2.45, 2.75) is 70.9 Å². The molecule has 0 unspecified atom stereocenters. The first-order valence-electron chi connectivity index (χ1n) is 11.0. The zero-order valence-electron chi connectivity index (χ0n) is 17.9. The predicted octanol–water partition coefficient (Wildman–Crippen LogP) is 3.98. The smallest absolute Gasteiger partial charge is 0.272 e. The summed E-state index contributed by atoms with van der Waals surface area (Å²) in [6, 6.07) is 7.94. The van der Waals surface area contributed by atoms with Crippen molar-refractivity contribution in [3.63, 3.8) is 0 Å². The third-order valence-corrected chi connectivity index (χ3v) is 8.27. The van der Waals surface area contributed by atoms with E-state index in [9.17, 15) is 13.2 Å². The van der Waals surface area contributed by atoms with Crippen LogP contribution in [0.4, 0.5) is 0 Å². The normalized spacial score (nSPS) is 22.0. The Bertz CT molecular complexity index is 1030. The van der Waals surface area contributed by atoms with Gasteiger partial charge in [0.15, 0.2) is 15.5 Å². The van der Waals surface area contributed by atoms with E-state index in [1.165, 1.54) is 18.4 Å². The summed E-state index contributed by atoms with van der Waals surface area (Å²) >= 11 is 0. The molecule has 1 aliphatic heterocycles. The minimum absolute atomic E-state index is 0.0796. The van der Waals surface area contributed by atoms with Crippen LogP contribution in [0.3, 0.4) is 0 Å². The Morgan fingerprint density at radius 2 is 1.77 bits per heavy atom. The van der Waals surface area contributed by atoms with Gasteiger partial charge in [0.2, 0.25) is 0 Å². The molecule has 1 atom stereocenters. The summed E-state index contributed by atoms with van der Waals surface area (Å²) in [6.07, 6.45) is 7.31. The molecule has 2 fully saturated rings.